The van der Waals surface area contributed by atoms with Crippen LogP contribution >= 0.6 is 11.6 Å². The van der Waals surface area contributed by atoms with Gasteiger partial charge in [-0.1, -0.05) is 11.6 Å². The third-order valence-corrected chi connectivity index (χ3v) is 9.35. The predicted molar refractivity (Wildman–Crippen MR) is 140 cm³/mol. The number of carbonyl (C=O) groups excluding carboxylic acids is 1. The number of halogens is 1. The van der Waals surface area contributed by atoms with Crippen LogP contribution in [0.3, 0.4) is 0 Å². The number of anilines is 2. The maximum absolute atomic E-state index is 12.9. The summed E-state index contributed by atoms with van der Waals surface area (Å²) in [6, 6.07) is 6.23. The van der Waals surface area contributed by atoms with Crippen molar-refractivity contribution in [3.8, 4) is 0 Å². The smallest absolute Gasteiger partial charge is 0.229 e. The van der Waals surface area contributed by atoms with Crippen molar-refractivity contribution in [3.05, 3.63) is 29.4 Å². The summed E-state index contributed by atoms with van der Waals surface area (Å²) in [7, 11) is 0. The Morgan fingerprint density at radius 1 is 1.19 bits per heavy atom. The number of pyridine rings is 1. The molecule has 36 heavy (non-hydrogen) atoms. The van der Waals surface area contributed by atoms with Gasteiger partial charge < -0.3 is 24.8 Å². The van der Waals surface area contributed by atoms with Crippen molar-refractivity contribution < 1.29 is 19.4 Å². The quantitative estimate of drug-likeness (QED) is 0.647. The third kappa shape index (κ3) is 4.17. The van der Waals surface area contributed by atoms with Crippen LogP contribution in [0.5, 0.6) is 0 Å². The van der Waals surface area contributed by atoms with Crippen LogP contribution in [0.4, 0.5) is 11.5 Å². The Morgan fingerprint density at radius 3 is 2.72 bits per heavy atom. The summed E-state index contributed by atoms with van der Waals surface area (Å²) in [5, 5.41) is 16.2. The first kappa shape index (κ1) is 24.4. The van der Waals surface area contributed by atoms with Crippen LogP contribution < -0.4 is 10.2 Å². The molecule has 2 aromatic rings. The molecule has 6 rings (SSSR count). The number of fused-ring (bicyclic) bond motifs is 1. The minimum absolute atomic E-state index is 0.0584. The first-order valence-corrected chi connectivity index (χ1v) is 13.4. The van der Waals surface area contributed by atoms with Gasteiger partial charge in [0.1, 0.15) is 5.82 Å². The SMILES string of the molecule is C[C@H]1CN(c2cc3cc(NC(=O)[C@@H]4CC45CCOCC5)ncc3cc2Cl)CCN1[C@@]1(C)COC[C@H]1O. The van der Waals surface area contributed by atoms with Crippen molar-refractivity contribution in [3.63, 3.8) is 0 Å². The van der Waals surface area contributed by atoms with Crippen molar-refractivity contribution >= 4 is 39.8 Å². The molecule has 194 valence electrons. The number of hydrogen-bond donors (Lipinski definition) is 2. The number of nitrogens with one attached hydrogen (secondary N) is 1. The number of amides is 1. The second-order valence-corrected chi connectivity index (χ2v) is 11.7. The fraction of sp³-hybridized carbons (Fsp3) is 0.630. The van der Waals surface area contributed by atoms with Crippen LogP contribution in [0.15, 0.2) is 24.4 Å². The van der Waals surface area contributed by atoms with E-state index in [-0.39, 0.29) is 28.8 Å². The van der Waals surface area contributed by atoms with E-state index in [1.54, 1.807) is 6.20 Å². The lowest BCUT2D eigenvalue weighted by atomic mass is 9.92. The Hall–Kier alpha value is -1.97. The standard InChI is InChI=1S/C27H35ClN4O4/c1-17-14-31(5-6-32(17)26(2)16-36-15-23(26)33)22-10-18-11-24(29-13-19(18)9-21(22)28)30-25(34)20-12-27(20)3-7-35-8-4-27/h9-11,13,17,20,23,33H,3-8,12,14-16H2,1-2H3,(H,29,30,34)/t17-,20-,23+,26-/m0/s1. The van der Waals surface area contributed by atoms with Crippen LogP contribution in [0.2, 0.25) is 5.02 Å². The number of carbonyl (C=O) groups is 1. The minimum Gasteiger partial charge on any atom is -0.389 e. The third-order valence-electron chi connectivity index (χ3n) is 9.05. The molecule has 1 aliphatic carbocycles. The lowest BCUT2D eigenvalue weighted by molar-refractivity contribution is -0.118. The molecule has 0 bridgehead atoms. The van der Waals surface area contributed by atoms with Gasteiger partial charge in [0.05, 0.1) is 35.6 Å². The lowest BCUT2D eigenvalue weighted by Gasteiger charge is -2.49. The molecule has 9 heteroatoms. The summed E-state index contributed by atoms with van der Waals surface area (Å²) >= 11 is 6.73. The van der Waals surface area contributed by atoms with E-state index in [9.17, 15) is 9.90 Å². The molecule has 1 spiro atoms. The van der Waals surface area contributed by atoms with E-state index in [0.717, 1.165) is 68.6 Å². The lowest BCUT2D eigenvalue weighted by Crippen LogP contribution is -2.64. The number of benzene rings is 1. The molecule has 4 atom stereocenters. The molecular formula is C27H35ClN4O4. The highest BCUT2D eigenvalue weighted by molar-refractivity contribution is 6.34. The Kier molecular flexibility index (Phi) is 6.16. The van der Waals surface area contributed by atoms with Gasteiger partial charge in [-0.2, -0.15) is 0 Å². The van der Waals surface area contributed by atoms with Gasteiger partial charge in [0.25, 0.3) is 0 Å². The van der Waals surface area contributed by atoms with E-state index in [4.69, 9.17) is 21.1 Å². The average Bonchev–Trinajstić information content (AvgIpc) is 3.44. The van der Waals surface area contributed by atoms with E-state index in [1.165, 1.54) is 0 Å². The Morgan fingerprint density at radius 2 is 2.00 bits per heavy atom. The number of piperazine rings is 1. The van der Waals surface area contributed by atoms with Crippen LogP contribution in [0, 0.1) is 11.3 Å². The number of rotatable bonds is 4. The van der Waals surface area contributed by atoms with Gasteiger partial charge in [0, 0.05) is 56.4 Å². The fourth-order valence-corrected chi connectivity index (χ4v) is 6.88. The summed E-state index contributed by atoms with van der Waals surface area (Å²) in [6.45, 7) is 9.15. The molecule has 0 radical (unpaired) electrons. The molecule has 1 amide bonds. The Labute approximate surface area is 216 Å². The van der Waals surface area contributed by atoms with Crippen LogP contribution in [-0.4, -0.2) is 84.6 Å². The molecule has 8 nitrogen and oxygen atoms in total. The first-order chi connectivity index (χ1) is 17.3. The largest absolute Gasteiger partial charge is 0.389 e. The zero-order chi connectivity index (χ0) is 25.1. The van der Waals surface area contributed by atoms with Gasteiger partial charge in [-0.15, -0.1) is 0 Å². The second-order valence-electron chi connectivity index (χ2n) is 11.3. The minimum atomic E-state index is -0.478. The van der Waals surface area contributed by atoms with E-state index < -0.39 is 6.10 Å². The van der Waals surface area contributed by atoms with E-state index >= 15 is 0 Å². The molecule has 3 saturated heterocycles. The Bertz CT molecular complexity index is 1170. The summed E-state index contributed by atoms with van der Waals surface area (Å²) < 4.78 is 11.1. The van der Waals surface area contributed by atoms with Crippen molar-refractivity contribution in [2.45, 2.75) is 50.8 Å². The average molecular weight is 515 g/mol. The number of aromatic nitrogens is 1. The summed E-state index contributed by atoms with van der Waals surface area (Å²) in [5.41, 5.74) is 0.759. The molecule has 1 aromatic heterocycles. The van der Waals surface area contributed by atoms with Crippen molar-refractivity contribution in [2.75, 3.05) is 56.3 Å². The maximum Gasteiger partial charge on any atom is 0.229 e. The zero-order valence-electron chi connectivity index (χ0n) is 21.0. The number of hydrogen-bond acceptors (Lipinski definition) is 7. The van der Waals surface area contributed by atoms with Gasteiger partial charge in [-0.05, 0) is 62.1 Å². The Balaban J connectivity index is 1.18. The summed E-state index contributed by atoms with van der Waals surface area (Å²) in [4.78, 5) is 22.1. The predicted octanol–water partition coefficient (Wildman–Crippen LogP) is 3.30. The molecule has 4 heterocycles. The second kappa shape index (κ2) is 9.10. The molecule has 0 unspecified atom stereocenters. The van der Waals surface area contributed by atoms with Crippen molar-refractivity contribution in [1.82, 2.24) is 9.88 Å². The summed E-state index contributed by atoms with van der Waals surface area (Å²) in [5.74, 6) is 0.703. The molecule has 3 aliphatic heterocycles. The number of aliphatic hydroxyl groups excluding tert-OH is 1. The van der Waals surface area contributed by atoms with Crippen LogP contribution in [0.1, 0.15) is 33.1 Å². The molecule has 1 aromatic carbocycles. The first-order valence-electron chi connectivity index (χ1n) is 13.0. The zero-order valence-corrected chi connectivity index (χ0v) is 21.8. The number of nitrogens with zero attached hydrogens (tertiary/aromatic N) is 3. The van der Waals surface area contributed by atoms with Gasteiger partial charge in [-0.3, -0.25) is 9.69 Å². The van der Waals surface area contributed by atoms with Gasteiger partial charge in [0.2, 0.25) is 5.91 Å². The van der Waals surface area contributed by atoms with Crippen LogP contribution in [0.25, 0.3) is 10.8 Å². The summed E-state index contributed by atoms with van der Waals surface area (Å²) in [6.07, 6.45) is 4.18. The molecule has 4 fully saturated rings. The fourth-order valence-electron chi connectivity index (χ4n) is 6.59. The van der Waals surface area contributed by atoms with E-state index in [1.807, 2.05) is 12.1 Å². The van der Waals surface area contributed by atoms with Crippen molar-refractivity contribution in [1.29, 1.82) is 0 Å². The van der Waals surface area contributed by atoms with Gasteiger partial charge in [0.15, 0.2) is 0 Å². The highest BCUT2D eigenvalue weighted by Gasteiger charge is 2.58. The van der Waals surface area contributed by atoms with Gasteiger partial charge >= 0.3 is 0 Å². The van der Waals surface area contributed by atoms with Crippen LogP contribution in [-0.2, 0) is 14.3 Å². The molecule has 1 saturated carbocycles. The monoisotopic (exact) mass is 514 g/mol. The highest BCUT2D eigenvalue weighted by Crippen LogP contribution is 2.59. The normalized spacial score (nSPS) is 32.2. The van der Waals surface area contributed by atoms with E-state index in [0.29, 0.717) is 24.1 Å². The maximum atomic E-state index is 12.9. The number of aliphatic hydroxyl groups is 1. The molecule has 4 aliphatic rings. The molecule has 2 N–H and O–H groups in total. The van der Waals surface area contributed by atoms with Crippen molar-refractivity contribution in [2.24, 2.45) is 11.3 Å². The highest BCUT2D eigenvalue weighted by atomic mass is 35.5. The number of ether oxygens (including phenoxy) is 2. The van der Waals surface area contributed by atoms with E-state index in [2.05, 4.69) is 40.0 Å². The molecular weight excluding hydrogens is 480 g/mol. The van der Waals surface area contributed by atoms with Gasteiger partial charge in [-0.25, -0.2) is 4.98 Å². The topological polar surface area (TPSA) is 87.2 Å².